The van der Waals surface area contributed by atoms with Crippen LogP contribution < -0.4 is 10.5 Å². The SMILES string of the molecule is CCC(CCc1ccccc1OC(F)(F)F)CC(CN)C(=O)O. The molecule has 0 fully saturated rings. The van der Waals surface area contributed by atoms with E-state index in [1.165, 1.54) is 12.1 Å². The molecule has 4 nitrogen and oxygen atoms in total. The number of aryl methyl sites for hydroxylation is 1. The maximum absolute atomic E-state index is 12.4. The molecule has 1 aromatic carbocycles. The molecule has 0 amide bonds. The van der Waals surface area contributed by atoms with Gasteiger partial charge in [0.25, 0.3) is 0 Å². The molecule has 0 radical (unpaired) electrons. The summed E-state index contributed by atoms with van der Waals surface area (Å²) in [5.74, 6) is -1.68. The summed E-state index contributed by atoms with van der Waals surface area (Å²) in [6, 6.07) is 6.01. The lowest BCUT2D eigenvalue weighted by molar-refractivity contribution is -0.274. The number of halogens is 3. The number of carboxylic acids is 1. The van der Waals surface area contributed by atoms with Gasteiger partial charge in [-0.1, -0.05) is 31.5 Å². The monoisotopic (exact) mass is 333 g/mol. The number of rotatable bonds is 9. The molecular formula is C16H22F3NO3. The lowest BCUT2D eigenvalue weighted by Crippen LogP contribution is -2.26. The zero-order valence-corrected chi connectivity index (χ0v) is 13.0. The zero-order chi connectivity index (χ0) is 17.5. The number of para-hydroxylation sites is 1. The van der Waals surface area contributed by atoms with Gasteiger partial charge in [-0.15, -0.1) is 13.2 Å². The Morgan fingerprint density at radius 2 is 2.00 bits per heavy atom. The summed E-state index contributed by atoms with van der Waals surface area (Å²) < 4.78 is 41.2. The van der Waals surface area contributed by atoms with E-state index in [2.05, 4.69) is 4.74 Å². The van der Waals surface area contributed by atoms with Gasteiger partial charge in [0, 0.05) is 6.54 Å². The van der Waals surface area contributed by atoms with Gasteiger partial charge in [-0.05, 0) is 36.8 Å². The van der Waals surface area contributed by atoms with Gasteiger partial charge >= 0.3 is 12.3 Å². The summed E-state index contributed by atoms with van der Waals surface area (Å²) >= 11 is 0. The summed E-state index contributed by atoms with van der Waals surface area (Å²) in [7, 11) is 0. The Morgan fingerprint density at radius 3 is 2.52 bits per heavy atom. The van der Waals surface area contributed by atoms with Crippen LogP contribution in [0.3, 0.4) is 0 Å². The van der Waals surface area contributed by atoms with Crippen molar-refractivity contribution in [1.29, 1.82) is 0 Å². The fraction of sp³-hybridized carbons (Fsp3) is 0.562. The second-order valence-corrected chi connectivity index (χ2v) is 5.48. The van der Waals surface area contributed by atoms with Gasteiger partial charge in [0.05, 0.1) is 5.92 Å². The molecule has 0 aliphatic heterocycles. The van der Waals surface area contributed by atoms with Crippen molar-refractivity contribution in [3.8, 4) is 5.75 Å². The van der Waals surface area contributed by atoms with Gasteiger partial charge in [-0.25, -0.2) is 0 Å². The molecule has 0 heterocycles. The summed E-state index contributed by atoms with van der Waals surface area (Å²) in [4.78, 5) is 11.0. The van der Waals surface area contributed by atoms with Gasteiger partial charge in [0.2, 0.25) is 0 Å². The molecule has 0 saturated carbocycles. The minimum atomic E-state index is -4.73. The van der Waals surface area contributed by atoms with E-state index in [0.717, 1.165) is 6.42 Å². The Balaban J connectivity index is 2.70. The van der Waals surface area contributed by atoms with E-state index in [4.69, 9.17) is 10.8 Å². The minimum Gasteiger partial charge on any atom is -0.481 e. The highest BCUT2D eigenvalue weighted by molar-refractivity contribution is 5.70. The van der Waals surface area contributed by atoms with Crippen LogP contribution in [-0.4, -0.2) is 24.0 Å². The summed E-state index contributed by atoms with van der Waals surface area (Å²) in [6.07, 6.45) is -2.59. The number of carboxylic acid groups (broad SMARTS) is 1. The van der Waals surface area contributed by atoms with E-state index >= 15 is 0 Å². The van der Waals surface area contributed by atoms with Gasteiger partial charge in [0.1, 0.15) is 5.75 Å². The van der Waals surface area contributed by atoms with Crippen LogP contribution in [0, 0.1) is 11.8 Å². The Bertz CT molecular complexity index is 506. The Kier molecular flexibility index (Phi) is 7.35. The summed E-state index contributed by atoms with van der Waals surface area (Å²) in [5.41, 5.74) is 5.91. The number of hydrogen-bond acceptors (Lipinski definition) is 3. The summed E-state index contributed by atoms with van der Waals surface area (Å²) in [6.45, 7) is 1.98. The van der Waals surface area contributed by atoms with Crippen molar-refractivity contribution in [1.82, 2.24) is 0 Å². The van der Waals surface area contributed by atoms with E-state index in [1.807, 2.05) is 6.92 Å². The van der Waals surface area contributed by atoms with Crippen molar-refractivity contribution in [2.45, 2.75) is 39.0 Å². The van der Waals surface area contributed by atoms with Crippen molar-refractivity contribution < 1.29 is 27.8 Å². The van der Waals surface area contributed by atoms with Crippen LogP contribution in [0.4, 0.5) is 13.2 Å². The Hall–Kier alpha value is -1.76. The van der Waals surface area contributed by atoms with Gasteiger partial charge in [-0.2, -0.15) is 0 Å². The fourth-order valence-electron chi connectivity index (χ4n) is 2.48. The number of hydrogen-bond donors (Lipinski definition) is 2. The second-order valence-electron chi connectivity index (χ2n) is 5.48. The smallest absolute Gasteiger partial charge is 0.481 e. The molecule has 0 aromatic heterocycles. The zero-order valence-electron chi connectivity index (χ0n) is 13.0. The first-order valence-electron chi connectivity index (χ1n) is 7.53. The van der Waals surface area contributed by atoms with Crippen molar-refractivity contribution >= 4 is 5.97 Å². The van der Waals surface area contributed by atoms with Gasteiger partial charge < -0.3 is 15.6 Å². The summed E-state index contributed by atoms with van der Waals surface area (Å²) in [5, 5.41) is 9.05. The Morgan fingerprint density at radius 1 is 1.35 bits per heavy atom. The number of aliphatic carboxylic acids is 1. The first kappa shape index (κ1) is 19.3. The molecule has 0 spiro atoms. The molecule has 0 bridgehead atoms. The van der Waals surface area contributed by atoms with Crippen LogP contribution in [0.5, 0.6) is 5.75 Å². The van der Waals surface area contributed by atoms with Crippen molar-refractivity contribution in [2.24, 2.45) is 17.6 Å². The average molecular weight is 333 g/mol. The predicted molar refractivity (Wildman–Crippen MR) is 80.0 cm³/mol. The van der Waals surface area contributed by atoms with Crippen molar-refractivity contribution in [3.05, 3.63) is 29.8 Å². The molecule has 3 N–H and O–H groups in total. The van der Waals surface area contributed by atoms with Crippen LogP contribution in [0.25, 0.3) is 0 Å². The van der Waals surface area contributed by atoms with E-state index in [-0.39, 0.29) is 18.2 Å². The highest BCUT2D eigenvalue weighted by atomic mass is 19.4. The third-order valence-electron chi connectivity index (χ3n) is 3.85. The highest BCUT2D eigenvalue weighted by Crippen LogP contribution is 2.29. The lowest BCUT2D eigenvalue weighted by atomic mass is 9.88. The topological polar surface area (TPSA) is 72.5 Å². The quantitative estimate of drug-likeness (QED) is 0.724. The van der Waals surface area contributed by atoms with Crippen LogP contribution in [-0.2, 0) is 11.2 Å². The third-order valence-corrected chi connectivity index (χ3v) is 3.85. The van der Waals surface area contributed by atoms with E-state index in [9.17, 15) is 18.0 Å². The van der Waals surface area contributed by atoms with Crippen molar-refractivity contribution in [3.63, 3.8) is 0 Å². The van der Waals surface area contributed by atoms with Crippen molar-refractivity contribution in [2.75, 3.05) is 6.54 Å². The first-order valence-corrected chi connectivity index (χ1v) is 7.53. The fourth-order valence-corrected chi connectivity index (χ4v) is 2.48. The lowest BCUT2D eigenvalue weighted by Gasteiger charge is -2.20. The van der Waals surface area contributed by atoms with Crippen LogP contribution in [0.1, 0.15) is 31.7 Å². The maximum atomic E-state index is 12.4. The van der Waals surface area contributed by atoms with E-state index in [1.54, 1.807) is 12.1 Å². The second kappa shape index (κ2) is 8.76. The van der Waals surface area contributed by atoms with Gasteiger partial charge in [0.15, 0.2) is 0 Å². The van der Waals surface area contributed by atoms with Crippen LogP contribution >= 0.6 is 0 Å². The molecule has 1 rings (SSSR count). The van der Waals surface area contributed by atoms with E-state index in [0.29, 0.717) is 24.8 Å². The number of carbonyl (C=O) groups is 1. The number of nitrogens with two attached hydrogens (primary N) is 1. The third kappa shape index (κ3) is 6.90. The van der Waals surface area contributed by atoms with Crippen LogP contribution in [0.15, 0.2) is 24.3 Å². The van der Waals surface area contributed by atoms with Crippen LogP contribution in [0.2, 0.25) is 0 Å². The molecular weight excluding hydrogens is 311 g/mol. The Labute approximate surface area is 133 Å². The number of ether oxygens (including phenoxy) is 1. The standard InChI is InChI=1S/C16H22F3NO3/c1-2-11(9-13(10-20)15(21)22)7-8-12-5-3-4-6-14(12)23-16(17,18)19/h3-6,11,13H,2,7-10,20H2,1H3,(H,21,22). The molecule has 2 atom stereocenters. The molecule has 130 valence electrons. The largest absolute Gasteiger partial charge is 0.573 e. The number of benzene rings is 1. The minimum absolute atomic E-state index is 0.0552. The molecule has 0 aliphatic rings. The molecule has 0 aliphatic carbocycles. The molecule has 0 saturated heterocycles. The number of alkyl halides is 3. The average Bonchev–Trinajstić information content (AvgIpc) is 2.47. The molecule has 2 unspecified atom stereocenters. The van der Waals surface area contributed by atoms with Gasteiger partial charge in [-0.3, -0.25) is 4.79 Å². The molecule has 7 heteroatoms. The highest BCUT2D eigenvalue weighted by Gasteiger charge is 2.32. The first-order chi connectivity index (χ1) is 10.8. The molecule has 23 heavy (non-hydrogen) atoms. The molecule has 1 aromatic rings. The predicted octanol–water partition coefficient (Wildman–Crippen LogP) is 3.59. The van der Waals surface area contributed by atoms with E-state index < -0.39 is 18.2 Å². The maximum Gasteiger partial charge on any atom is 0.573 e. The normalized spacial score (nSPS) is 14.3.